The molecule has 41 nitrogen and oxygen atoms in total. The molecule has 43 heteroatoms. The lowest BCUT2D eigenvalue weighted by molar-refractivity contribution is -0.250. The molecule has 4 aliphatic heterocycles. The van der Waals surface area contributed by atoms with E-state index < -0.39 is 221 Å². The summed E-state index contributed by atoms with van der Waals surface area (Å²) in [6.45, 7) is 6.17. The van der Waals surface area contributed by atoms with E-state index in [0.717, 1.165) is 10.0 Å². The smallest absolute Gasteiger partial charge is 0.326 e. The number of benzene rings is 4. The van der Waals surface area contributed by atoms with E-state index in [2.05, 4.69) is 37.2 Å². The number of carboxylic acid groups (broad SMARTS) is 4. The Labute approximate surface area is 725 Å². The number of carboxylic acids is 4. The maximum absolute atomic E-state index is 12.5. The number of para-hydroxylation sites is 2. The van der Waals surface area contributed by atoms with Crippen molar-refractivity contribution in [2.45, 2.75) is 233 Å². The number of carbonyl (C=O) groups is 8. The number of aliphatic hydroxyl groups is 16. The molecule has 8 aromatic rings. The van der Waals surface area contributed by atoms with Gasteiger partial charge in [0.25, 0.3) is 0 Å². The summed E-state index contributed by atoms with van der Waals surface area (Å²) in [5, 5.41) is 210. The molecule has 4 fully saturated rings. The number of fused-ring (bicyclic) bond motifs is 4. The molecule has 686 valence electrons. The molecule has 0 unspecified atom stereocenters. The van der Waals surface area contributed by atoms with Crippen molar-refractivity contribution < 1.29 is 164 Å². The first kappa shape index (κ1) is 99.3. The number of ether oxygens (including phenoxy) is 5. The Kier molecular flexibility index (Phi) is 34.9. The fraction of sp³-hybridized carbons (Fsp3) is 0.512. The summed E-state index contributed by atoms with van der Waals surface area (Å²) in [6, 6.07) is 16.6. The molecule has 4 aromatic heterocycles. The van der Waals surface area contributed by atoms with Crippen molar-refractivity contribution in [2.75, 3.05) is 33.5 Å². The molecule has 8 heterocycles. The molecule has 4 aliphatic rings. The first-order valence-corrected chi connectivity index (χ1v) is 41.1. The molecule has 12 rings (SSSR count). The second-order valence-corrected chi connectivity index (χ2v) is 31.8. The third-order valence-corrected chi connectivity index (χ3v) is 22.9. The second-order valence-electron chi connectivity index (χ2n) is 30.4. The molecular formula is C82H106BrClN8O33. The van der Waals surface area contributed by atoms with Crippen LogP contribution in [0.15, 0.2) is 102 Å². The van der Waals surface area contributed by atoms with Gasteiger partial charge in [0.05, 0.1) is 81.3 Å². The first-order chi connectivity index (χ1) is 59.3. The van der Waals surface area contributed by atoms with Crippen LogP contribution in [0.2, 0.25) is 5.02 Å². The second kappa shape index (κ2) is 43.9. The van der Waals surface area contributed by atoms with E-state index in [-0.39, 0.29) is 51.4 Å². The predicted octanol–water partition coefficient (Wildman–Crippen LogP) is -1.72. The summed E-state index contributed by atoms with van der Waals surface area (Å²) in [6.07, 6.45) is -20.5. The van der Waals surface area contributed by atoms with Crippen LogP contribution in [0, 0.1) is 6.92 Å². The standard InChI is InChI=1S/C21H28N2O9.C21H28N2O8.C20H25BrN2O8.C20H25ClN2O8/c1-3-12(21(29)30)22-15(25)7-10-8-23(16-11(10)5-4-6-13(16)31-2)20-19(28)18(27)17(26)14(9-24)32-20;1-3-13(21(29)30)22-15(25)7-11-8-23(16-10(2)5-4-6-12(11)16)20-19(28)18(27)17(26)14(9-24)31-20;2*1-2-12(20(29)30)22-15(25)5-9-7-23(13-4-3-10(21)6-11(9)13)19-18(28)17(27)16(26)14(8-24)31-19/h4-6,8,12,14,17-20,24,26-28H,3,7,9H2,1-2H3,(H,22,25)(H,29,30);4-6,8,13-14,17-20,24,26-28H,3,7,9H2,1-2H3,(H,22,25)(H,29,30);2*3-4,6-7,12,14,16-19,24,26-28H,2,5,8H2,1H3,(H,22,25)(H,29,30)/t12-,14-,17-,18+,19-,20-;13-,14-,17-,18+,19-,20-;2*12-,14-,16-,17+,18-,19-/m1111/s1. The molecule has 24 N–H and O–H groups in total. The van der Waals surface area contributed by atoms with Gasteiger partial charge in [-0.1, -0.05) is 85.6 Å². The van der Waals surface area contributed by atoms with Gasteiger partial charge in [0.1, 0.15) is 128 Å². The van der Waals surface area contributed by atoms with Crippen molar-refractivity contribution in [1.82, 2.24) is 39.5 Å². The fourth-order valence-electron chi connectivity index (χ4n) is 15.3. The highest BCUT2D eigenvalue weighted by Crippen LogP contribution is 2.41. The highest BCUT2D eigenvalue weighted by molar-refractivity contribution is 9.10. The summed E-state index contributed by atoms with van der Waals surface area (Å²) >= 11 is 9.50. The molecule has 0 radical (unpaired) electrons. The number of amides is 4. The molecule has 0 saturated carbocycles. The normalized spacial score (nSPS) is 27.1. The van der Waals surface area contributed by atoms with Gasteiger partial charge in [-0.3, -0.25) is 19.2 Å². The van der Waals surface area contributed by atoms with Crippen molar-refractivity contribution >= 4 is 119 Å². The van der Waals surface area contributed by atoms with Gasteiger partial charge in [-0.2, -0.15) is 0 Å². The number of aryl methyl sites for hydroxylation is 1. The van der Waals surface area contributed by atoms with E-state index in [0.29, 0.717) is 76.6 Å². The van der Waals surface area contributed by atoms with Crippen LogP contribution in [-0.2, 0) is 83.0 Å². The number of aromatic nitrogens is 4. The molecule has 125 heavy (non-hydrogen) atoms. The van der Waals surface area contributed by atoms with Crippen LogP contribution in [0.4, 0.5) is 0 Å². The third kappa shape index (κ3) is 22.4. The SMILES string of the molecule is CC[C@@H](NC(=O)Cc1cn([C@@H]2O[C@H](CO)[C@@H](O)[C@H](O)[C@H]2O)c2c(C)cccc12)C(=O)O.CC[C@@H](NC(=O)Cc1cn([C@@H]2O[C@H](CO)[C@@H](O)[C@H](O)[C@H]2O)c2c(OC)cccc12)C(=O)O.CC[C@@H](NC(=O)Cc1cn([C@@H]2O[C@H](CO)[C@@H](O)[C@H](O)[C@H]2O)c2ccc(Br)cc12)C(=O)O.CC[C@@H](NC(=O)Cc1cn([C@@H]2O[C@H](CO)[C@@H](O)[C@H](O)[C@H]2O)c2ccc(Cl)cc12)C(=O)O. The summed E-state index contributed by atoms with van der Waals surface area (Å²) in [5.41, 5.74) is 5.17. The van der Waals surface area contributed by atoms with Crippen molar-refractivity contribution in [3.63, 3.8) is 0 Å². The Bertz CT molecular complexity index is 4890. The zero-order valence-electron chi connectivity index (χ0n) is 68.4. The van der Waals surface area contributed by atoms with Gasteiger partial charge in [0, 0.05) is 55.8 Å². The predicted molar refractivity (Wildman–Crippen MR) is 442 cm³/mol. The minimum Gasteiger partial charge on any atom is -0.495 e. The van der Waals surface area contributed by atoms with Gasteiger partial charge in [0.15, 0.2) is 24.9 Å². The van der Waals surface area contributed by atoms with Gasteiger partial charge in [0.2, 0.25) is 23.6 Å². The maximum Gasteiger partial charge on any atom is 0.326 e. The lowest BCUT2D eigenvalue weighted by Gasteiger charge is -2.40. The van der Waals surface area contributed by atoms with Crippen LogP contribution in [0.1, 0.15) is 106 Å². The highest BCUT2D eigenvalue weighted by Gasteiger charge is 2.49. The van der Waals surface area contributed by atoms with Crippen LogP contribution in [0.25, 0.3) is 43.6 Å². The zero-order valence-corrected chi connectivity index (χ0v) is 70.7. The van der Waals surface area contributed by atoms with E-state index in [1.807, 2.05) is 19.1 Å². The Morgan fingerprint density at radius 2 is 0.680 bits per heavy atom. The molecule has 0 aliphatic carbocycles. The Morgan fingerprint density at radius 1 is 0.392 bits per heavy atom. The lowest BCUT2D eigenvalue weighted by Crippen LogP contribution is -2.56. The quantitative estimate of drug-likeness (QED) is 0.0248. The molecule has 4 aromatic carbocycles. The van der Waals surface area contributed by atoms with Crippen molar-refractivity contribution in [1.29, 1.82) is 0 Å². The number of hydrogen-bond acceptors (Lipinski definition) is 29. The number of aliphatic carboxylic acids is 4. The van der Waals surface area contributed by atoms with Gasteiger partial charge < -0.3 is 165 Å². The summed E-state index contributed by atoms with van der Waals surface area (Å²) in [4.78, 5) is 94.8. The zero-order chi connectivity index (χ0) is 92.2. The lowest BCUT2D eigenvalue weighted by atomic mass is 9.98. The summed E-state index contributed by atoms with van der Waals surface area (Å²) < 4.78 is 34.9. The van der Waals surface area contributed by atoms with Crippen LogP contribution in [-0.4, -0.2) is 323 Å². The van der Waals surface area contributed by atoms with E-state index in [1.54, 1.807) is 112 Å². The first-order valence-electron chi connectivity index (χ1n) is 39.9. The van der Waals surface area contributed by atoms with Gasteiger partial charge in [-0.25, -0.2) is 19.2 Å². The largest absolute Gasteiger partial charge is 0.495 e. The van der Waals surface area contributed by atoms with Gasteiger partial charge in [-0.05, 0) is 103 Å². The molecular weight excluding hydrogens is 1740 g/mol. The van der Waals surface area contributed by atoms with Crippen LogP contribution in [0.5, 0.6) is 5.75 Å². The van der Waals surface area contributed by atoms with Crippen molar-refractivity contribution in [3.05, 3.63) is 135 Å². The molecule has 4 saturated heterocycles. The average Bonchev–Trinajstić information content (AvgIpc) is 1.63. The number of nitrogens with zero attached hydrogens (tertiary/aromatic N) is 4. The summed E-state index contributed by atoms with van der Waals surface area (Å²) in [5.74, 6) is -6.07. The third-order valence-electron chi connectivity index (χ3n) is 22.1. The monoisotopic (exact) mass is 1840 g/mol. The van der Waals surface area contributed by atoms with E-state index >= 15 is 0 Å². The maximum atomic E-state index is 12.5. The number of methoxy groups -OCH3 is 1. The summed E-state index contributed by atoms with van der Waals surface area (Å²) in [7, 11) is 1.45. The number of nitrogens with one attached hydrogen (secondary N) is 4. The number of rotatable bonds is 29. The molecule has 0 spiro atoms. The molecule has 24 atom stereocenters. The molecule has 0 bridgehead atoms. The van der Waals surface area contributed by atoms with E-state index in [1.165, 1.54) is 27.0 Å². The topological polar surface area (TPSA) is 655 Å². The van der Waals surface area contributed by atoms with Crippen LogP contribution in [0.3, 0.4) is 0 Å². The van der Waals surface area contributed by atoms with Gasteiger partial charge >= 0.3 is 23.9 Å². The minimum atomic E-state index is -1.58. The van der Waals surface area contributed by atoms with Crippen molar-refractivity contribution in [3.8, 4) is 5.75 Å². The highest BCUT2D eigenvalue weighted by atomic mass is 79.9. The van der Waals surface area contributed by atoms with Crippen molar-refractivity contribution in [2.24, 2.45) is 0 Å². The average molecular weight is 1850 g/mol. The number of hydrogen-bond donors (Lipinski definition) is 24. The van der Waals surface area contributed by atoms with Gasteiger partial charge in [-0.15, -0.1) is 0 Å². The number of carbonyl (C=O) groups excluding carboxylic acids is 4. The Morgan fingerprint density at radius 3 is 1.00 bits per heavy atom. The Hall–Kier alpha value is -9.43. The fourth-order valence-corrected chi connectivity index (χ4v) is 15.9. The number of halogens is 2. The van der Waals surface area contributed by atoms with E-state index in [4.69, 9.17) is 50.6 Å². The van der Waals surface area contributed by atoms with Crippen LogP contribution < -0.4 is 26.0 Å². The molecule has 4 amide bonds. The number of aliphatic hydroxyl groups excluding tert-OH is 16. The van der Waals surface area contributed by atoms with E-state index in [9.17, 15) is 125 Å². The van der Waals surface area contributed by atoms with Crippen LogP contribution >= 0.6 is 27.5 Å². The minimum absolute atomic E-state index is 0.103. The Balaban J connectivity index is 0.000000189.